The summed E-state index contributed by atoms with van der Waals surface area (Å²) < 4.78 is 0. The molecule has 2 fully saturated rings. The first-order valence-corrected chi connectivity index (χ1v) is 7.65. The molecule has 5 nitrogen and oxygen atoms in total. The fourth-order valence-electron chi connectivity index (χ4n) is 2.34. The monoisotopic (exact) mass is 268 g/mol. The van der Waals surface area contributed by atoms with Gasteiger partial charge in [-0.05, 0) is 32.9 Å². The van der Waals surface area contributed by atoms with E-state index >= 15 is 0 Å². The summed E-state index contributed by atoms with van der Waals surface area (Å²) in [5.74, 6) is 0.225. The Morgan fingerprint density at radius 3 is 2.58 bits per heavy atom. The lowest BCUT2D eigenvalue weighted by atomic mass is 10.3. The number of likely N-dealkylation sites (N-methyl/N-ethyl adjacent to an activating group) is 1. The largest absolute Gasteiger partial charge is 0.353 e. The molecule has 0 bridgehead atoms. The van der Waals surface area contributed by atoms with E-state index in [4.69, 9.17) is 0 Å². The summed E-state index contributed by atoms with van der Waals surface area (Å²) in [6.07, 6.45) is 3.96. The summed E-state index contributed by atoms with van der Waals surface area (Å²) in [4.78, 5) is 16.3. The van der Waals surface area contributed by atoms with Crippen LogP contribution in [-0.4, -0.2) is 74.6 Å². The fourth-order valence-corrected chi connectivity index (χ4v) is 2.34. The zero-order valence-electron chi connectivity index (χ0n) is 12.2. The van der Waals surface area contributed by atoms with Gasteiger partial charge in [-0.1, -0.05) is 0 Å². The third-order valence-electron chi connectivity index (χ3n) is 3.90. The summed E-state index contributed by atoms with van der Waals surface area (Å²) in [6, 6.07) is 0.498. The SMILES string of the molecule is CN1CCN(CCNCCCC(=O)NC2CC2)CC1. The van der Waals surface area contributed by atoms with E-state index in [0.717, 1.165) is 26.1 Å². The number of nitrogens with zero attached hydrogens (tertiary/aromatic N) is 2. The molecule has 1 saturated heterocycles. The summed E-state index contributed by atoms with van der Waals surface area (Å²) in [5.41, 5.74) is 0. The zero-order valence-corrected chi connectivity index (χ0v) is 12.2. The third-order valence-corrected chi connectivity index (χ3v) is 3.90. The number of amides is 1. The molecule has 19 heavy (non-hydrogen) atoms. The van der Waals surface area contributed by atoms with Gasteiger partial charge in [0, 0.05) is 51.7 Å². The third kappa shape index (κ3) is 6.36. The average molecular weight is 268 g/mol. The molecule has 0 radical (unpaired) electrons. The number of nitrogens with one attached hydrogen (secondary N) is 2. The standard InChI is InChI=1S/C14H28N4O/c1-17-9-11-18(12-10-17)8-7-15-6-2-3-14(19)16-13-4-5-13/h13,15H,2-12H2,1H3,(H,16,19). The molecule has 0 unspecified atom stereocenters. The zero-order chi connectivity index (χ0) is 13.5. The van der Waals surface area contributed by atoms with Crippen LogP contribution in [0.25, 0.3) is 0 Å². The van der Waals surface area contributed by atoms with Crippen LogP contribution < -0.4 is 10.6 Å². The molecule has 0 aromatic heterocycles. The van der Waals surface area contributed by atoms with Crippen LogP contribution in [0.3, 0.4) is 0 Å². The molecule has 1 saturated carbocycles. The maximum absolute atomic E-state index is 11.5. The molecule has 1 aliphatic carbocycles. The van der Waals surface area contributed by atoms with Crippen molar-refractivity contribution in [3.05, 3.63) is 0 Å². The lowest BCUT2D eigenvalue weighted by Gasteiger charge is -2.32. The van der Waals surface area contributed by atoms with Gasteiger partial charge < -0.3 is 15.5 Å². The van der Waals surface area contributed by atoms with E-state index in [-0.39, 0.29) is 5.91 Å². The number of carbonyl (C=O) groups excluding carboxylic acids is 1. The topological polar surface area (TPSA) is 47.6 Å². The van der Waals surface area contributed by atoms with Gasteiger partial charge in [0.25, 0.3) is 0 Å². The Bertz CT molecular complexity index is 273. The van der Waals surface area contributed by atoms with Gasteiger partial charge in [0.15, 0.2) is 0 Å². The van der Waals surface area contributed by atoms with Gasteiger partial charge in [0.2, 0.25) is 5.91 Å². The number of hydrogen-bond donors (Lipinski definition) is 2. The molecule has 0 aromatic rings. The second kappa shape index (κ2) is 7.82. The number of carbonyl (C=O) groups is 1. The average Bonchev–Trinajstić information content (AvgIpc) is 3.19. The van der Waals surface area contributed by atoms with Crippen molar-refractivity contribution in [1.82, 2.24) is 20.4 Å². The van der Waals surface area contributed by atoms with E-state index in [1.807, 2.05) is 0 Å². The molecule has 0 atom stereocenters. The highest BCUT2D eigenvalue weighted by atomic mass is 16.1. The van der Waals surface area contributed by atoms with Gasteiger partial charge in [-0.15, -0.1) is 0 Å². The smallest absolute Gasteiger partial charge is 0.220 e. The number of piperazine rings is 1. The molecule has 2 aliphatic rings. The van der Waals surface area contributed by atoms with Crippen molar-refractivity contribution in [2.75, 3.05) is 52.9 Å². The minimum Gasteiger partial charge on any atom is -0.353 e. The van der Waals surface area contributed by atoms with E-state index in [9.17, 15) is 4.79 Å². The molecule has 5 heteroatoms. The first kappa shape index (κ1) is 14.8. The first-order valence-electron chi connectivity index (χ1n) is 7.65. The van der Waals surface area contributed by atoms with Crippen LogP contribution in [-0.2, 0) is 4.79 Å². The Labute approximate surface area is 116 Å². The molecule has 110 valence electrons. The quantitative estimate of drug-likeness (QED) is 0.603. The molecule has 1 aliphatic heterocycles. The molecule has 1 heterocycles. The van der Waals surface area contributed by atoms with Gasteiger partial charge in [-0.25, -0.2) is 0 Å². The number of rotatable bonds is 8. The van der Waals surface area contributed by atoms with Gasteiger partial charge in [-0.3, -0.25) is 9.69 Å². The van der Waals surface area contributed by atoms with Crippen LogP contribution in [0.1, 0.15) is 25.7 Å². The van der Waals surface area contributed by atoms with Crippen LogP contribution in [0.4, 0.5) is 0 Å². The minimum absolute atomic E-state index is 0.225. The maximum Gasteiger partial charge on any atom is 0.220 e. The molecule has 0 spiro atoms. The predicted molar refractivity (Wildman–Crippen MR) is 77.2 cm³/mol. The van der Waals surface area contributed by atoms with Crippen molar-refractivity contribution in [3.8, 4) is 0 Å². The van der Waals surface area contributed by atoms with Gasteiger partial charge in [0.05, 0.1) is 0 Å². The van der Waals surface area contributed by atoms with Crippen LogP contribution >= 0.6 is 0 Å². The lowest BCUT2D eigenvalue weighted by molar-refractivity contribution is -0.121. The van der Waals surface area contributed by atoms with Crippen molar-refractivity contribution in [1.29, 1.82) is 0 Å². The summed E-state index contributed by atoms with van der Waals surface area (Å²) >= 11 is 0. The van der Waals surface area contributed by atoms with E-state index in [1.165, 1.54) is 39.0 Å². The van der Waals surface area contributed by atoms with Crippen molar-refractivity contribution in [3.63, 3.8) is 0 Å². The highest BCUT2D eigenvalue weighted by Gasteiger charge is 2.22. The van der Waals surface area contributed by atoms with Crippen LogP contribution in [0, 0.1) is 0 Å². The molecular formula is C14H28N4O. The highest BCUT2D eigenvalue weighted by molar-refractivity contribution is 5.76. The van der Waals surface area contributed by atoms with E-state index < -0.39 is 0 Å². The molecule has 1 amide bonds. The lowest BCUT2D eigenvalue weighted by Crippen LogP contribution is -2.46. The number of hydrogen-bond acceptors (Lipinski definition) is 4. The van der Waals surface area contributed by atoms with E-state index in [0.29, 0.717) is 12.5 Å². The molecule has 2 rings (SSSR count). The second-order valence-electron chi connectivity index (χ2n) is 5.84. The minimum atomic E-state index is 0.225. The normalized spacial score (nSPS) is 21.5. The first-order chi connectivity index (χ1) is 9.24. The Morgan fingerprint density at radius 1 is 1.16 bits per heavy atom. The van der Waals surface area contributed by atoms with Gasteiger partial charge in [-0.2, -0.15) is 0 Å². The second-order valence-corrected chi connectivity index (χ2v) is 5.84. The van der Waals surface area contributed by atoms with Crippen molar-refractivity contribution in [2.45, 2.75) is 31.7 Å². The van der Waals surface area contributed by atoms with Crippen molar-refractivity contribution >= 4 is 5.91 Å². The summed E-state index contributed by atoms with van der Waals surface area (Å²) in [6.45, 7) is 7.84. The van der Waals surface area contributed by atoms with Gasteiger partial charge in [0.1, 0.15) is 0 Å². The summed E-state index contributed by atoms with van der Waals surface area (Å²) in [7, 11) is 2.18. The predicted octanol–water partition coefficient (Wildman–Crippen LogP) is -0.118. The van der Waals surface area contributed by atoms with Crippen LogP contribution in [0.5, 0.6) is 0 Å². The highest BCUT2D eigenvalue weighted by Crippen LogP contribution is 2.18. The van der Waals surface area contributed by atoms with Crippen molar-refractivity contribution < 1.29 is 4.79 Å². The molecular weight excluding hydrogens is 240 g/mol. The maximum atomic E-state index is 11.5. The van der Waals surface area contributed by atoms with E-state index in [1.54, 1.807) is 0 Å². The fraction of sp³-hybridized carbons (Fsp3) is 0.929. The van der Waals surface area contributed by atoms with Crippen LogP contribution in [0.15, 0.2) is 0 Å². The summed E-state index contributed by atoms with van der Waals surface area (Å²) in [5, 5.41) is 6.45. The van der Waals surface area contributed by atoms with Crippen molar-refractivity contribution in [2.24, 2.45) is 0 Å². The Morgan fingerprint density at radius 2 is 1.89 bits per heavy atom. The van der Waals surface area contributed by atoms with Gasteiger partial charge >= 0.3 is 0 Å². The molecule has 2 N–H and O–H groups in total. The Balaban J connectivity index is 1.38. The Hall–Kier alpha value is -0.650. The van der Waals surface area contributed by atoms with Crippen LogP contribution in [0.2, 0.25) is 0 Å². The molecule has 0 aromatic carbocycles. The van der Waals surface area contributed by atoms with E-state index in [2.05, 4.69) is 27.5 Å². The Kier molecular flexibility index (Phi) is 6.07.